The van der Waals surface area contributed by atoms with E-state index in [9.17, 15) is 4.79 Å². The minimum atomic E-state index is -0.292. The van der Waals surface area contributed by atoms with Crippen LogP contribution in [0.1, 0.15) is 12.8 Å². The number of hydrogen-bond acceptors (Lipinski definition) is 3. The van der Waals surface area contributed by atoms with Gasteiger partial charge >= 0.3 is 0 Å². The summed E-state index contributed by atoms with van der Waals surface area (Å²) in [6, 6.07) is 6.03. The van der Waals surface area contributed by atoms with Crippen LogP contribution in [0.2, 0.25) is 0 Å². The SMILES string of the molecule is C=C1CC2(CCN(c3cnn4ccccc34)C2)C(=O)N1. The standard InChI is InChI=1S/C15H16N4O/c1-11-8-15(14(20)17-11)5-7-18(10-15)13-9-16-19-6-3-2-4-12(13)19/h2-4,6,9H,1,5,7-8,10H2,(H,17,20). The van der Waals surface area contributed by atoms with Gasteiger partial charge in [-0.15, -0.1) is 0 Å². The highest BCUT2D eigenvalue weighted by Crippen LogP contribution is 2.42. The molecule has 2 aliphatic rings. The minimum Gasteiger partial charge on any atom is -0.367 e. The molecule has 2 aromatic rings. The van der Waals surface area contributed by atoms with Crippen molar-refractivity contribution in [2.45, 2.75) is 12.8 Å². The van der Waals surface area contributed by atoms with E-state index in [2.05, 4.69) is 28.0 Å². The van der Waals surface area contributed by atoms with E-state index in [0.29, 0.717) is 0 Å². The molecule has 5 nitrogen and oxygen atoms in total. The topological polar surface area (TPSA) is 49.6 Å². The predicted octanol–water partition coefficient (Wildman–Crippen LogP) is 1.56. The van der Waals surface area contributed by atoms with E-state index in [-0.39, 0.29) is 11.3 Å². The lowest BCUT2D eigenvalue weighted by atomic mass is 9.85. The zero-order valence-electron chi connectivity index (χ0n) is 11.2. The maximum atomic E-state index is 12.2. The van der Waals surface area contributed by atoms with Crippen LogP contribution in [0.25, 0.3) is 5.52 Å². The third-order valence-electron chi connectivity index (χ3n) is 4.42. The van der Waals surface area contributed by atoms with Gasteiger partial charge in [0.05, 0.1) is 22.8 Å². The van der Waals surface area contributed by atoms with Crippen molar-refractivity contribution in [3.63, 3.8) is 0 Å². The number of pyridine rings is 1. The number of rotatable bonds is 1. The van der Waals surface area contributed by atoms with E-state index >= 15 is 0 Å². The summed E-state index contributed by atoms with van der Waals surface area (Å²) in [4.78, 5) is 14.4. The van der Waals surface area contributed by atoms with Crippen molar-refractivity contribution in [2.75, 3.05) is 18.0 Å². The maximum absolute atomic E-state index is 12.2. The zero-order valence-corrected chi connectivity index (χ0v) is 11.2. The van der Waals surface area contributed by atoms with Crippen molar-refractivity contribution >= 4 is 17.1 Å². The molecule has 0 bridgehead atoms. The fraction of sp³-hybridized carbons (Fsp3) is 0.333. The van der Waals surface area contributed by atoms with Crippen LogP contribution in [0.5, 0.6) is 0 Å². The van der Waals surface area contributed by atoms with Crippen molar-refractivity contribution < 1.29 is 4.79 Å². The molecule has 0 aliphatic carbocycles. The molecule has 2 saturated heterocycles. The van der Waals surface area contributed by atoms with E-state index in [0.717, 1.165) is 42.8 Å². The van der Waals surface area contributed by atoms with Gasteiger partial charge in [0.15, 0.2) is 0 Å². The quantitative estimate of drug-likeness (QED) is 0.854. The van der Waals surface area contributed by atoms with E-state index in [1.807, 2.05) is 29.0 Å². The molecule has 0 radical (unpaired) electrons. The Hall–Kier alpha value is -2.30. The number of carbonyl (C=O) groups is 1. The zero-order chi connectivity index (χ0) is 13.7. The highest BCUT2D eigenvalue weighted by molar-refractivity contribution is 5.89. The maximum Gasteiger partial charge on any atom is 0.232 e. The number of anilines is 1. The molecule has 0 aromatic carbocycles. The molecular formula is C15H16N4O. The Labute approximate surface area is 116 Å². The Kier molecular flexibility index (Phi) is 2.22. The largest absolute Gasteiger partial charge is 0.367 e. The van der Waals surface area contributed by atoms with Gasteiger partial charge in [-0.3, -0.25) is 4.79 Å². The number of hydrogen-bond donors (Lipinski definition) is 1. The second-order valence-corrected chi connectivity index (χ2v) is 5.75. The van der Waals surface area contributed by atoms with Crippen molar-refractivity contribution in [1.29, 1.82) is 0 Å². The van der Waals surface area contributed by atoms with Gasteiger partial charge in [-0.1, -0.05) is 12.6 Å². The van der Waals surface area contributed by atoms with Crippen molar-refractivity contribution in [2.24, 2.45) is 5.41 Å². The number of nitrogens with zero attached hydrogens (tertiary/aromatic N) is 3. The first-order valence-corrected chi connectivity index (χ1v) is 6.85. The average molecular weight is 268 g/mol. The van der Waals surface area contributed by atoms with Gasteiger partial charge in [-0.2, -0.15) is 5.10 Å². The van der Waals surface area contributed by atoms with Gasteiger partial charge in [0.25, 0.3) is 0 Å². The molecule has 1 amide bonds. The molecule has 20 heavy (non-hydrogen) atoms. The van der Waals surface area contributed by atoms with E-state index in [1.165, 1.54) is 0 Å². The summed E-state index contributed by atoms with van der Waals surface area (Å²) in [5.74, 6) is 0.126. The third kappa shape index (κ3) is 1.49. The summed E-state index contributed by atoms with van der Waals surface area (Å²) in [7, 11) is 0. The fourth-order valence-electron chi connectivity index (χ4n) is 3.40. The van der Waals surface area contributed by atoms with E-state index in [4.69, 9.17) is 0 Å². The lowest BCUT2D eigenvalue weighted by Gasteiger charge is -2.21. The lowest BCUT2D eigenvalue weighted by molar-refractivity contribution is -0.126. The molecule has 4 rings (SSSR count). The Morgan fingerprint density at radius 2 is 2.30 bits per heavy atom. The number of amides is 1. The molecule has 5 heteroatoms. The minimum absolute atomic E-state index is 0.126. The van der Waals surface area contributed by atoms with Crippen LogP contribution in [0.15, 0.2) is 42.9 Å². The smallest absolute Gasteiger partial charge is 0.232 e. The summed E-state index contributed by atoms with van der Waals surface area (Å²) >= 11 is 0. The van der Waals surface area contributed by atoms with Crippen molar-refractivity contribution in [1.82, 2.24) is 14.9 Å². The molecule has 1 spiro atoms. The monoisotopic (exact) mass is 268 g/mol. The Morgan fingerprint density at radius 1 is 1.40 bits per heavy atom. The molecule has 2 aromatic heterocycles. The summed E-state index contributed by atoms with van der Waals surface area (Å²) in [5.41, 5.74) is 2.74. The van der Waals surface area contributed by atoms with Crippen molar-refractivity contribution in [3.8, 4) is 0 Å². The van der Waals surface area contributed by atoms with Crippen LogP contribution in [-0.2, 0) is 4.79 Å². The third-order valence-corrected chi connectivity index (χ3v) is 4.42. The highest BCUT2D eigenvalue weighted by atomic mass is 16.2. The summed E-state index contributed by atoms with van der Waals surface area (Å²) in [6.07, 6.45) is 5.45. The van der Waals surface area contributed by atoms with Crippen LogP contribution >= 0.6 is 0 Å². The normalized spacial score (nSPS) is 25.9. The second-order valence-electron chi connectivity index (χ2n) is 5.75. The summed E-state index contributed by atoms with van der Waals surface area (Å²) in [6.45, 7) is 5.52. The number of carbonyl (C=O) groups excluding carboxylic acids is 1. The van der Waals surface area contributed by atoms with Crippen LogP contribution < -0.4 is 10.2 Å². The van der Waals surface area contributed by atoms with E-state index < -0.39 is 0 Å². The summed E-state index contributed by atoms with van der Waals surface area (Å²) < 4.78 is 1.87. The molecule has 1 unspecified atom stereocenters. The first kappa shape index (κ1) is 11.5. The van der Waals surface area contributed by atoms with Gasteiger partial charge in [-0.05, 0) is 18.6 Å². The average Bonchev–Trinajstić information content (AvgIpc) is 3.09. The van der Waals surface area contributed by atoms with Gasteiger partial charge in [0.1, 0.15) is 0 Å². The fourth-order valence-corrected chi connectivity index (χ4v) is 3.40. The van der Waals surface area contributed by atoms with Gasteiger partial charge in [0, 0.05) is 31.4 Å². The molecule has 1 N–H and O–H groups in total. The first-order valence-electron chi connectivity index (χ1n) is 6.85. The van der Waals surface area contributed by atoms with Crippen LogP contribution in [0, 0.1) is 5.41 Å². The molecule has 0 saturated carbocycles. The first-order chi connectivity index (χ1) is 9.68. The number of allylic oxidation sites excluding steroid dienone is 1. The van der Waals surface area contributed by atoms with Gasteiger partial charge in [0.2, 0.25) is 5.91 Å². The predicted molar refractivity (Wildman–Crippen MR) is 76.4 cm³/mol. The summed E-state index contributed by atoms with van der Waals surface area (Å²) in [5, 5.41) is 7.24. The number of nitrogens with one attached hydrogen (secondary N) is 1. The highest BCUT2D eigenvalue weighted by Gasteiger charge is 2.49. The second kappa shape index (κ2) is 3.85. The van der Waals surface area contributed by atoms with Crippen LogP contribution in [-0.4, -0.2) is 28.6 Å². The number of fused-ring (bicyclic) bond motifs is 1. The van der Waals surface area contributed by atoms with Gasteiger partial charge in [-0.25, -0.2) is 4.52 Å². The van der Waals surface area contributed by atoms with E-state index in [1.54, 1.807) is 0 Å². The molecule has 1 atom stereocenters. The number of aromatic nitrogens is 2. The Morgan fingerprint density at radius 3 is 3.10 bits per heavy atom. The van der Waals surface area contributed by atoms with Crippen molar-refractivity contribution in [3.05, 3.63) is 42.9 Å². The Bertz CT molecular complexity index is 719. The molecular weight excluding hydrogens is 252 g/mol. The van der Waals surface area contributed by atoms with Gasteiger partial charge < -0.3 is 10.2 Å². The Balaban J connectivity index is 1.69. The molecule has 2 fully saturated rings. The van der Waals surface area contributed by atoms with Crippen LogP contribution in [0.3, 0.4) is 0 Å². The molecule has 2 aliphatic heterocycles. The van der Waals surface area contributed by atoms with Crippen LogP contribution in [0.4, 0.5) is 5.69 Å². The molecule has 102 valence electrons. The molecule has 4 heterocycles. The lowest BCUT2D eigenvalue weighted by Crippen LogP contribution is -2.34.